The van der Waals surface area contributed by atoms with Crippen molar-refractivity contribution in [1.29, 1.82) is 0 Å². The van der Waals surface area contributed by atoms with Crippen LogP contribution in [0.15, 0.2) is 34.6 Å². The third kappa shape index (κ3) is 4.06. The lowest BCUT2D eigenvalue weighted by molar-refractivity contribution is 0.886. The van der Waals surface area contributed by atoms with Gasteiger partial charge in [0, 0.05) is 0 Å². The first-order valence-electron chi connectivity index (χ1n) is 10.2. The lowest BCUT2D eigenvalue weighted by Gasteiger charge is -2.27. The summed E-state index contributed by atoms with van der Waals surface area (Å²) in [5, 5.41) is 0. The Balaban J connectivity index is 2.34. The predicted molar refractivity (Wildman–Crippen MR) is 125 cm³/mol. The second-order valence-electron chi connectivity index (χ2n) is 8.44. The van der Waals surface area contributed by atoms with Crippen LogP contribution in [0.1, 0.15) is 59.1 Å². The number of hydrogen-bond donors (Lipinski definition) is 0. The SMILES string of the molecule is CSC(B(c1c(C)cc(C)cc1C)c1c(C)cc(C)cc1C)=C1CCCC1. The number of allylic oxidation sites excluding steroid dienone is 1. The van der Waals surface area contributed by atoms with Gasteiger partial charge in [0.15, 0.2) is 0 Å². The fraction of sp³-hybridized carbons (Fsp3) is 0.440. The average Bonchev–Trinajstić information content (AvgIpc) is 3.07. The van der Waals surface area contributed by atoms with E-state index in [1.54, 1.807) is 10.4 Å². The summed E-state index contributed by atoms with van der Waals surface area (Å²) in [6, 6.07) is 9.47. The molecule has 142 valence electrons. The summed E-state index contributed by atoms with van der Waals surface area (Å²) >= 11 is 1.99. The first-order valence-corrected chi connectivity index (χ1v) is 11.5. The van der Waals surface area contributed by atoms with Crippen molar-refractivity contribution < 1.29 is 0 Å². The van der Waals surface area contributed by atoms with Crippen LogP contribution in [0.2, 0.25) is 0 Å². The van der Waals surface area contributed by atoms with Crippen LogP contribution in [0, 0.1) is 41.5 Å². The van der Waals surface area contributed by atoms with E-state index in [1.807, 2.05) is 11.8 Å². The minimum absolute atomic E-state index is 0.370. The number of thioether (sulfide) groups is 1. The molecule has 0 radical (unpaired) electrons. The Morgan fingerprint density at radius 1 is 0.704 bits per heavy atom. The van der Waals surface area contributed by atoms with Gasteiger partial charge in [0.1, 0.15) is 0 Å². The van der Waals surface area contributed by atoms with E-state index in [1.165, 1.54) is 70.0 Å². The number of aryl methyl sites for hydroxylation is 6. The molecule has 2 heteroatoms. The molecule has 1 aliphatic carbocycles. The zero-order valence-corrected chi connectivity index (χ0v) is 18.9. The van der Waals surface area contributed by atoms with E-state index < -0.39 is 0 Å². The molecule has 1 aliphatic rings. The van der Waals surface area contributed by atoms with Crippen molar-refractivity contribution in [3.63, 3.8) is 0 Å². The smallest absolute Gasteiger partial charge is 0.143 e. The first kappa shape index (κ1) is 20.3. The van der Waals surface area contributed by atoms with Crippen LogP contribution in [0.5, 0.6) is 0 Å². The van der Waals surface area contributed by atoms with E-state index in [2.05, 4.69) is 72.1 Å². The van der Waals surface area contributed by atoms with Gasteiger partial charge in [-0.1, -0.05) is 74.1 Å². The van der Waals surface area contributed by atoms with Crippen LogP contribution in [-0.4, -0.2) is 13.0 Å². The summed E-state index contributed by atoms with van der Waals surface area (Å²) in [6.07, 6.45) is 7.54. The summed E-state index contributed by atoms with van der Waals surface area (Å²) in [5.74, 6) is 0. The standard InChI is InChI=1S/C25H33BS/c1-16-12-18(3)23(19(4)13-16)26(25(27-7)22-10-8-9-11-22)24-20(5)14-17(2)15-21(24)6/h12-15H,8-11H2,1-7H3. The highest BCUT2D eigenvalue weighted by atomic mass is 32.2. The Labute approximate surface area is 170 Å². The largest absolute Gasteiger partial charge is 0.250 e. The maximum absolute atomic E-state index is 2.37. The van der Waals surface area contributed by atoms with Gasteiger partial charge in [-0.3, -0.25) is 0 Å². The summed E-state index contributed by atoms with van der Waals surface area (Å²) < 4.78 is 0. The Morgan fingerprint density at radius 3 is 1.41 bits per heavy atom. The maximum Gasteiger partial charge on any atom is 0.250 e. The van der Waals surface area contributed by atoms with Gasteiger partial charge in [-0.15, -0.1) is 11.8 Å². The molecule has 27 heavy (non-hydrogen) atoms. The molecule has 0 nitrogen and oxygen atoms in total. The summed E-state index contributed by atoms with van der Waals surface area (Å²) in [4.78, 5) is 1.61. The van der Waals surface area contributed by atoms with E-state index in [0.29, 0.717) is 6.71 Å². The fourth-order valence-electron chi connectivity index (χ4n) is 5.21. The Morgan fingerprint density at radius 2 is 1.07 bits per heavy atom. The Kier molecular flexibility index (Phi) is 6.26. The van der Waals surface area contributed by atoms with Crippen molar-refractivity contribution in [1.82, 2.24) is 0 Å². The number of hydrogen-bond acceptors (Lipinski definition) is 1. The van der Waals surface area contributed by atoms with E-state index in [0.717, 1.165) is 0 Å². The van der Waals surface area contributed by atoms with Gasteiger partial charge in [0.25, 0.3) is 0 Å². The lowest BCUT2D eigenvalue weighted by atomic mass is 9.36. The van der Waals surface area contributed by atoms with Gasteiger partial charge in [0.05, 0.1) is 0 Å². The van der Waals surface area contributed by atoms with Crippen molar-refractivity contribution >= 4 is 29.4 Å². The van der Waals surface area contributed by atoms with E-state index in [4.69, 9.17) is 0 Å². The van der Waals surface area contributed by atoms with E-state index in [-0.39, 0.29) is 0 Å². The van der Waals surface area contributed by atoms with Crippen LogP contribution in [-0.2, 0) is 0 Å². The minimum Gasteiger partial charge on any atom is -0.143 e. The second kappa shape index (κ2) is 8.31. The third-order valence-corrected chi connectivity index (χ3v) is 7.06. The molecule has 0 aliphatic heterocycles. The van der Waals surface area contributed by atoms with Gasteiger partial charge >= 0.3 is 0 Å². The predicted octanol–water partition coefficient (Wildman–Crippen LogP) is 5.88. The second-order valence-corrected chi connectivity index (χ2v) is 9.28. The van der Waals surface area contributed by atoms with Crippen LogP contribution in [0.3, 0.4) is 0 Å². The van der Waals surface area contributed by atoms with Crippen LogP contribution < -0.4 is 10.9 Å². The highest BCUT2D eigenvalue weighted by Crippen LogP contribution is 2.33. The van der Waals surface area contributed by atoms with Crippen molar-refractivity contribution in [2.45, 2.75) is 67.2 Å². The van der Waals surface area contributed by atoms with Gasteiger partial charge in [0.2, 0.25) is 6.71 Å². The molecule has 2 aromatic carbocycles. The van der Waals surface area contributed by atoms with E-state index in [9.17, 15) is 0 Å². The molecular formula is C25H33BS. The summed E-state index contributed by atoms with van der Waals surface area (Å²) in [5.41, 5.74) is 13.2. The molecule has 0 spiro atoms. The van der Waals surface area contributed by atoms with Gasteiger partial charge < -0.3 is 0 Å². The lowest BCUT2D eigenvalue weighted by Crippen LogP contribution is -2.49. The molecule has 0 amide bonds. The van der Waals surface area contributed by atoms with Gasteiger partial charge in [-0.25, -0.2) is 0 Å². The Hall–Kier alpha value is -1.41. The molecular weight excluding hydrogens is 343 g/mol. The third-order valence-electron chi connectivity index (χ3n) is 6.09. The average molecular weight is 376 g/mol. The molecule has 3 rings (SSSR count). The van der Waals surface area contributed by atoms with E-state index >= 15 is 0 Å². The normalized spacial score (nSPS) is 14.0. The molecule has 0 unspecified atom stereocenters. The van der Waals surface area contributed by atoms with Crippen molar-refractivity contribution in [3.05, 3.63) is 68.0 Å². The fourth-order valence-corrected chi connectivity index (χ4v) is 6.18. The van der Waals surface area contributed by atoms with Crippen molar-refractivity contribution in [2.75, 3.05) is 6.26 Å². The zero-order chi connectivity index (χ0) is 19.7. The van der Waals surface area contributed by atoms with Gasteiger partial charge in [-0.2, -0.15) is 0 Å². The monoisotopic (exact) mass is 376 g/mol. The molecule has 0 bridgehead atoms. The van der Waals surface area contributed by atoms with Gasteiger partial charge in [-0.05, 0) is 78.3 Å². The molecule has 0 N–H and O–H groups in total. The first-order chi connectivity index (χ1) is 12.8. The molecule has 0 saturated heterocycles. The highest BCUT2D eigenvalue weighted by Gasteiger charge is 2.32. The van der Waals surface area contributed by atoms with Crippen LogP contribution in [0.25, 0.3) is 0 Å². The van der Waals surface area contributed by atoms with Crippen LogP contribution in [0.4, 0.5) is 0 Å². The molecule has 0 aromatic heterocycles. The van der Waals surface area contributed by atoms with Crippen molar-refractivity contribution in [2.24, 2.45) is 0 Å². The minimum atomic E-state index is 0.370. The van der Waals surface area contributed by atoms with Crippen LogP contribution >= 0.6 is 11.8 Å². The maximum atomic E-state index is 2.37. The summed E-state index contributed by atoms with van der Waals surface area (Å²) in [7, 11) is 0. The zero-order valence-electron chi connectivity index (χ0n) is 18.1. The van der Waals surface area contributed by atoms with Crippen molar-refractivity contribution in [3.8, 4) is 0 Å². The molecule has 1 fully saturated rings. The number of benzene rings is 2. The number of rotatable bonds is 4. The quantitative estimate of drug-likeness (QED) is 0.601. The Bertz CT molecular complexity index is 780. The molecule has 2 aromatic rings. The molecule has 0 atom stereocenters. The summed E-state index contributed by atoms with van der Waals surface area (Å²) in [6.45, 7) is 14.0. The molecule has 0 heterocycles. The topological polar surface area (TPSA) is 0 Å². The highest BCUT2D eigenvalue weighted by molar-refractivity contribution is 8.04. The molecule has 1 saturated carbocycles.